The third kappa shape index (κ3) is 4.54. The molecule has 0 aromatic carbocycles. The van der Waals surface area contributed by atoms with Crippen molar-refractivity contribution < 1.29 is 5.11 Å². The zero-order valence-electron chi connectivity index (χ0n) is 3.06. The molecule has 0 spiro atoms. The maximum atomic E-state index is 8.18. The number of aliphatic hydroxyl groups excluding tert-OH is 1. The smallest absolute Gasteiger partial charge is 0.132 e. The highest BCUT2D eigenvalue weighted by Gasteiger charge is 1.92. The van der Waals surface area contributed by atoms with Gasteiger partial charge in [0.25, 0.3) is 0 Å². The van der Waals surface area contributed by atoms with Crippen LogP contribution >= 0.6 is 23.2 Å². The summed E-state index contributed by atoms with van der Waals surface area (Å²) in [4.78, 5) is 0. The van der Waals surface area contributed by atoms with E-state index in [0.29, 0.717) is 5.88 Å². The summed E-state index contributed by atoms with van der Waals surface area (Å²) in [6.45, 7) is 0. The van der Waals surface area contributed by atoms with Gasteiger partial charge in [-0.05, 0) is 0 Å². The minimum Gasteiger partial charge on any atom is -0.377 e. The maximum Gasteiger partial charge on any atom is 0.132 e. The molecule has 1 N–H and O–H groups in total. The molecule has 0 rings (SSSR count). The lowest BCUT2D eigenvalue weighted by Crippen LogP contribution is -1.95. The summed E-state index contributed by atoms with van der Waals surface area (Å²) >= 11 is 10.1. The van der Waals surface area contributed by atoms with E-state index in [9.17, 15) is 0 Å². The Morgan fingerprint density at radius 1 is 1.83 bits per heavy atom. The van der Waals surface area contributed by atoms with Gasteiger partial charge in [-0.25, -0.2) is 0 Å². The largest absolute Gasteiger partial charge is 0.377 e. The Kier molecular flexibility index (Phi) is 4.06. The van der Waals surface area contributed by atoms with E-state index in [1.807, 2.05) is 0 Å². The van der Waals surface area contributed by atoms with E-state index in [0.717, 1.165) is 0 Å². The topological polar surface area (TPSA) is 20.2 Å². The van der Waals surface area contributed by atoms with E-state index in [4.69, 9.17) is 28.3 Å². The van der Waals surface area contributed by atoms with Crippen LogP contribution in [-0.2, 0) is 0 Å². The molecule has 0 aliphatic rings. The fraction of sp³-hybridized carbons (Fsp3) is 0.667. The molecule has 0 aromatic heterocycles. The molecular formula is C3H5Cl2O. The predicted molar refractivity (Wildman–Crippen MR) is 26.9 cm³/mol. The van der Waals surface area contributed by atoms with Gasteiger partial charge in [-0.15, -0.1) is 11.6 Å². The van der Waals surface area contributed by atoms with Gasteiger partial charge in [0.2, 0.25) is 0 Å². The molecule has 0 aromatic rings. The van der Waals surface area contributed by atoms with E-state index in [-0.39, 0.29) is 0 Å². The van der Waals surface area contributed by atoms with Crippen LogP contribution in [0.15, 0.2) is 0 Å². The fourth-order valence-electron chi connectivity index (χ4n) is 0.0735. The van der Waals surface area contributed by atoms with Gasteiger partial charge in [0, 0.05) is 12.3 Å². The van der Waals surface area contributed by atoms with Crippen molar-refractivity contribution >= 4 is 23.2 Å². The second-order valence-electron chi connectivity index (χ2n) is 0.763. The third-order valence-electron chi connectivity index (χ3n) is 0.284. The van der Waals surface area contributed by atoms with Crippen LogP contribution in [0.1, 0.15) is 0 Å². The maximum absolute atomic E-state index is 8.18. The molecule has 1 atom stereocenters. The zero-order valence-corrected chi connectivity index (χ0v) is 4.58. The summed E-state index contributed by atoms with van der Waals surface area (Å²) in [6, 6.07) is 0. The molecule has 1 nitrogen and oxygen atoms in total. The Morgan fingerprint density at radius 3 is 2.33 bits per heavy atom. The van der Waals surface area contributed by atoms with Gasteiger partial charge >= 0.3 is 0 Å². The predicted octanol–water partition coefficient (Wildman–Crippen LogP) is 0.987. The van der Waals surface area contributed by atoms with E-state index in [1.54, 1.807) is 0 Å². The quantitative estimate of drug-likeness (QED) is 0.549. The average Bonchev–Trinajstić information content (AvgIpc) is 1.35. The molecule has 1 unspecified atom stereocenters. The Labute approximate surface area is 46.9 Å². The van der Waals surface area contributed by atoms with Crippen LogP contribution in [0.3, 0.4) is 0 Å². The standard InChI is InChI=1S/C3H5Cl2O/c4-2-1-3(5)6/h1,3,6H,2H2. The van der Waals surface area contributed by atoms with Crippen molar-refractivity contribution in [2.45, 2.75) is 5.56 Å². The van der Waals surface area contributed by atoms with Crippen LogP contribution in [0.2, 0.25) is 0 Å². The number of hydrogen-bond acceptors (Lipinski definition) is 1. The summed E-state index contributed by atoms with van der Waals surface area (Å²) in [7, 11) is 0. The monoisotopic (exact) mass is 127 g/mol. The van der Waals surface area contributed by atoms with Crippen LogP contribution in [0, 0.1) is 6.42 Å². The molecule has 0 aliphatic heterocycles. The van der Waals surface area contributed by atoms with E-state index >= 15 is 0 Å². The van der Waals surface area contributed by atoms with E-state index in [2.05, 4.69) is 0 Å². The average molecular weight is 128 g/mol. The second-order valence-corrected chi connectivity index (χ2v) is 1.52. The molecule has 3 heteroatoms. The molecule has 37 valence electrons. The highest BCUT2D eigenvalue weighted by molar-refractivity contribution is 6.22. The molecule has 0 fully saturated rings. The Bertz CT molecular complexity index is 30.0. The first-order chi connectivity index (χ1) is 2.77. The van der Waals surface area contributed by atoms with Crippen molar-refractivity contribution in [2.75, 3.05) is 5.88 Å². The van der Waals surface area contributed by atoms with Gasteiger partial charge in [0.15, 0.2) is 0 Å². The Hall–Kier alpha value is 0.540. The minimum absolute atomic E-state index is 0.296. The van der Waals surface area contributed by atoms with Crippen LogP contribution in [-0.4, -0.2) is 16.5 Å². The molecular weight excluding hydrogens is 123 g/mol. The van der Waals surface area contributed by atoms with Gasteiger partial charge in [-0.2, -0.15) is 0 Å². The number of halogens is 2. The number of alkyl halides is 2. The highest BCUT2D eigenvalue weighted by atomic mass is 35.5. The van der Waals surface area contributed by atoms with Crippen molar-refractivity contribution in [3.63, 3.8) is 0 Å². The van der Waals surface area contributed by atoms with Gasteiger partial charge in [0.1, 0.15) is 5.56 Å². The molecule has 0 saturated carbocycles. The third-order valence-corrected chi connectivity index (χ3v) is 0.640. The van der Waals surface area contributed by atoms with Crippen LogP contribution in [0.4, 0.5) is 0 Å². The Morgan fingerprint density at radius 2 is 2.33 bits per heavy atom. The number of hydrogen-bond donors (Lipinski definition) is 1. The van der Waals surface area contributed by atoms with Crippen molar-refractivity contribution in [2.24, 2.45) is 0 Å². The summed E-state index contributed by atoms with van der Waals surface area (Å²) in [5.41, 5.74) is -0.887. The normalized spacial score (nSPS) is 14.5. The van der Waals surface area contributed by atoms with Crippen molar-refractivity contribution in [1.82, 2.24) is 0 Å². The van der Waals surface area contributed by atoms with Gasteiger partial charge in [-0.1, -0.05) is 11.6 Å². The molecule has 1 radical (unpaired) electrons. The molecule has 0 saturated heterocycles. The minimum atomic E-state index is -0.887. The Balaban J connectivity index is 2.63. The first kappa shape index (κ1) is 6.54. The fourth-order valence-corrected chi connectivity index (χ4v) is 0.423. The number of aliphatic hydroxyl groups is 1. The lowest BCUT2D eigenvalue weighted by atomic mass is 10.5. The summed E-state index contributed by atoms with van der Waals surface area (Å²) in [5.74, 6) is 0.296. The molecule has 0 bridgehead atoms. The first-order valence-corrected chi connectivity index (χ1v) is 2.46. The number of rotatable bonds is 2. The summed E-state index contributed by atoms with van der Waals surface area (Å²) in [6.07, 6.45) is 1.38. The van der Waals surface area contributed by atoms with Crippen molar-refractivity contribution in [1.29, 1.82) is 0 Å². The lowest BCUT2D eigenvalue weighted by Gasteiger charge is -1.91. The highest BCUT2D eigenvalue weighted by Crippen LogP contribution is 1.94. The van der Waals surface area contributed by atoms with Crippen LogP contribution < -0.4 is 0 Å². The van der Waals surface area contributed by atoms with E-state index in [1.165, 1.54) is 6.42 Å². The van der Waals surface area contributed by atoms with Gasteiger partial charge in [-0.3, -0.25) is 0 Å². The summed E-state index contributed by atoms with van der Waals surface area (Å²) < 4.78 is 0. The zero-order chi connectivity index (χ0) is 4.99. The molecule has 0 aliphatic carbocycles. The SMILES string of the molecule is OC(Cl)[CH]CCl. The van der Waals surface area contributed by atoms with Crippen LogP contribution in [0.25, 0.3) is 0 Å². The lowest BCUT2D eigenvalue weighted by molar-refractivity contribution is 0.288. The van der Waals surface area contributed by atoms with Crippen molar-refractivity contribution in [3.8, 4) is 0 Å². The summed E-state index contributed by atoms with van der Waals surface area (Å²) in [5, 5.41) is 8.18. The van der Waals surface area contributed by atoms with Crippen LogP contribution in [0.5, 0.6) is 0 Å². The molecule has 6 heavy (non-hydrogen) atoms. The van der Waals surface area contributed by atoms with E-state index < -0.39 is 5.56 Å². The first-order valence-electron chi connectivity index (χ1n) is 1.49. The van der Waals surface area contributed by atoms with Crippen molar-refractivity contribution in [3.05, 3.63) is 6.42 Å². The molecule has 0 amide bonds. The van der Waals surface area contributed by atoms with Gasteiger partial charge < -0.3 is 5.11 Å². The second kappa shape index (κ2) is 3.72. The van der Waals surface area contributed by atoms with Gasteiger partial charge in [0.05, 0.1) is 0 Å². The molecule has 0 heterocycles.